The fourth-order valence-electron chi connectivity index (χ4n) is 4.41. The molecule has 1 aliphatic carbocycles. The van der Waals surface area contributed by atoms with Gasteiger partial charge in [0.1, 0.15) is 6.61 Å². The van der Waals surface area contributed by atoms with Crippen LogP contribution in [0.5, 0.6) is 0 Å². The van der Waals surface area contributed by atoms with Crippen LogP contribution in [-0.2, 0) is 14.3 Å². The smallest absolute Gasteiger partial charge is 0.407 e. The Labute approximate surface area is 201 Å². The van der Waals surface area contributed by atoms with Crippen LogP contribution in [-0.4, -0.2) is 54.2 Å². The Morgan fingerprint density at radius 1 is 1.06 bits per heavy atom. The number of rotatable bonds is 10. The number of hydrogen-bond acceptors (Lipinski definition) is 4. The quantitative estimate of drug-likeness (QED) is 0.537. The molecule has 2 aromatic rings. The van der Waals surface area contributed by atoms with Gasteiger partial charge in [0.25, 0.3) is 0 Å². The molecule has 2 amide bonds. The zero-order valence-corrected chi connectivity index (χ0v) is 20.3. The highest BCUT2D eigenvalue weighted by molar-refractivity contribution is 5.84. The second kappa shape index (κ2) is 10.7. The zero-order chi connectivity index (χ0) is 24.9. The average molecular weight is 467 g/mol. The van der Waals surface area contributed by atoms with Crippen molar-refractivity contribution >= 4 is 18.0 Å². The number of amides is 2. The lowest BCUT2D eigenvalue weighted by molar-refractivity contribution is -0.146. The summed E-state index contributed by atoms with van der Waals surface area (Å²) in [6.45, 7) is 7.91. The first-order valence-electron chi connectivity index (χ1n) is 11.8. The minimum absolute atomic E-state index is 0.0366. The minimum Gasteiger partial charge on any atom is -0.481 e. The van der Waals surface area contributed by atoms with Gasteiger partial charge in [-0.05, 0) is 42.5 Å². The van der Waals surface area contributed by atoms with Crippen LogP contribution in [0.3, 0.4) is 0 Å². The van der Waals surface area contributed by atoms with Crippen molar-refractivity contribution in [3.05, 3.63) is 59.7 Å². The summed E-state index contributed by atoms with van der Waals surface area (Å²) >= 11 is 0. The highest BCUT2D eigenvalue weighted by atomic mass is 16.5. The van der Waals surface area contributed by atoms with Crippen LogP contribution in [0.15, 0.2) is 48.5 Å². The van der Waals surface area contributed by atoms with E-state index in [2.05, 4.69) is 29.6 Å². The van der Waals surface area contributed by atoms with Crippen LogP contribution in [0.2, 0.25) is 0 Å². The van der Waals surface area contributed by atoms with Gasteiger partial charge >= 0.3 is 12.1 Å². The van der Waals surface area contributed by atoms with Gasteiger partial charge < -0.3 is 20.1 Å². The molecule has 0 spiro atoms. The number of benzene rings is 2. The third kappa shape index (κ3) is 5.24. The Balaban J connectivity index is 1.61. The molecule has 0 aliphatic heterocycles. The fourth-order valence-corrected chi connectivity index (χ4v) is 4.41. The SMILES string of the molecule is CCN(CC(C)C(=O)O)C(=O)C(C)(CC)CNC(=O)OCC1c2ccccc2-c2ccccc21. The van der Waals surface area contributed by atoms with Gasteiger partial charge in [-0.1, -0.05) is 62.4 Å². The van der Waals surface area contributed by atoms with Crippen LogP contribution >= 0.6 is 0 Å². The lowest BCUT2D eigenvalue weighted by Gasteiger charge is -2.34. The molecule has 2 unspecified atom stereocenters. The molecule has 0 saturated heterocycles. The first kappa shape index (κ1) is 25.3. The van der Waals surface area contributed by atoms with E-state index in [1.165, 1.54) is 0 Å². The molecule has 1 aliphatic rings. The van der Waals surface area contributed by atoms with Crippen molar-refractivity contribution in [2.45, 2.75) is 40.0 Å². The molecule has 0 aromatic heterocycles. The summed E-state index contributed by atoms with van der Waals surface area (Å²) in [5.74, 6) is -1.82. The lowest BCUT2D eigenvalue weighted by Crippen LogP contribution is -2.49. The topological polar surface area (TPSA) is 95.9 Å². The van der Waals surface area contributed by atoms with E-state index >= 15 is 0 Å². The van der Waals surface area contributed by atoms with Crippen molar-refractivity contribution in [1.82, 2.24) is 10.2 Å². The molecule has 3 rings (SSSR count). The molecule has 2 atom stereocenters. The Morgan fingerprint density at radius 2 is 1.62 bits per heavy atom. The fraction of sp³-hybridized carbons (Fsp3) is 0.444. The number of aliphatic carboxylic acids is 1. The monoisotopic (exact) mass is 466 g/mol. The third-order valence-electron chi connectivity index (χ3n) is 6.85. The lowest BCUT2D eigenvalue weighted by atomic mass is 9.85. The molecule has 2 N–H and O–H groups in total. The first-order valence-corrected chi connectivity index (χ1v) is 11.8. The van der Waals surface area contributed by atoms with Gasteiger partial charge in [0.2, 0.25) is 5.91 Å². The van der Waals surface area contributed by atoms with Crippen LogP contribution in [0.1, 0.15) is 51.2 Å². The largest absolute Gasteiger partial charge is 0.481 e. The number of nitrogens with zero attached hydrogens (tertiary/aromatic N) is 1. The number of nitrogens with one attached hydrogen (secondary N) is 1. The van der Waals surface area contributed by atoms with Gasteiger partial charge in [0.15, 0.2) is 0 Å². The number of fused-ring (bicyclic) bond motifs is 3. The molecular formula is C27H34N2O5. The first-order chi connectivity index (χ1) is 16.2. The molecule has 7 nitrogen and oxygen atoms in total. The summed E-state index contributed by atoms with van der Waals surface area (Å²) < 4.78 is 5.59. The number of ether oxygens (including phenoxy) is 1. The maximum Gasteiger partial charge on any atom is 0.407 e. The van der Waals surface area contributed by atoms with Crippen LogP contribution in [0.25, 0.3) is 11.1 Å². The molecule has 0 fully saturated rings. The molecule has 0 saturated carbocycles. The summed E-state index contributed by atoms with van der Waals surface area (Å²) in [6, 6.07) is 16.3. The van der Waals surface area contributed by atoms with Gasteiger partial charge in [-0.3, -0.25) is 9.59 Å². The van der Waals surface area contributed by atoms with E-state index < -0.39 is 23.4 Å². The number of hydrogen-bond donors (Lipinski definition) is 2. The molecule has 34 heavy (non-hydrogen) atoms. The summed E-state index contributed by atoms with van der Waals surface area (Å²) in [7, 11) is 0. The minimum atomic E-state index is -0.943. The Kier molecular flexibility index (Phi) is 7.97. The second-order valence-electron chi connectivity index (χ2n) is 9.18. The normalized spacial score (nSPS) is 14.9. The maximum absolute atomic E-state index is 13.2. The van der Waals surface area contributed by atoms with Crippen molar-refractivity contribution in [3.8, 4) is 11.1 Å². The standard InChI is InChI=1S/C27H34N2O5/c1-5-27(4,25(32)29(6-2)15-18(3)24(30)31)17-28-26(33)34-16-23-21-13-9-7-11-19(21)20-12-8-10-14-22(20)23/h7-14,18,23H,5-6,15-17H2,1-4H3,(H,28,33)(H,30,31). The van der Waals surface area contributed by atoms with Crippen molar-refractivity contribution in [2.75, 3.05) is 26.2 Å². The molecule has 0 heterocycles. The number of carbonyl (C=O) groups excluding carboxylic acids is 2. The highest BCUT2D eigenvalue weighted by Gasteiger charge is 2.36. The van der Waals surface area contributed by atoms with Gasteiger partial charge in [0, 0.05) is 25.6 Å². The third-order valence-corrected chi connectivity index (χ3v) is 6.85. The van der Waals surface area contributed by atoms with Gasteiger partial charge in [-0.2, -0.15) is 0 Å². The summed E-state index contributed by atoms with van der Waals surface area (Å²) in [6.07, 6.45) is -0.0794. The van der Waals surface area contributed by atoms with E-state index in [0.29, 0.717) is 13.0 Å². The predicted octanol–water partition coefficient (Wildman–Crippen LogP) is 4.51. The molecule has 182 valence electrons. The van der Waals surface area contributed by atoms with Crippen molar-refractivity contribution in [2.24, 2.45) is 11.3 Å². The molecule has 0 radical (unpaired) electrons. The van der Waals surface area contributed by atoms with Gasteiger partial charge in [0.05, 0.1) is 11.3 Å². The average Bonchev–Trinajstić information content (AvgIpc) is 3.17. The van der Waals surface area contributed by atoms with E-state index in [9.17, 15) is 19.5 Å². The Bertz CT molecular complexity index is 1010. The number of carboxylic acid groups (broad SMARTS) is 1. The van der Waals surface area contributed by atoms with E-state index in [1.807, 2.05) is 38.1 Å². The van der Waals surface area contributed by atoms with Crippen LogP contribution < -0.4 is 5.32 Å². The van der Waals surface area contributed by atoms with E-state index in [1.54, 1.807) is 18.7 Å². The van der Waals surface area contributed by atoms with Gasteiger partial charge in [-0.25, -0.2) is 4.79 Å². The Hall–Kier alpha value is -3.35. The summed E-state index contributed by atoms with van der Waals surface area (Å²) in [5, 5.41) is 12.0. The Morgan fingerprint density at radius 3 is 2.12 bits per heavy atom. The van der Waals surface area contributed by atoms with Crippen LogP contribution in [0, 0.1) is 11.3 Å². The number of alkyl carbamates (subject to hydrolysis) is 1. The molecular weight excluding hydrogens is 432 g/mol. The molecule has 0 bridgehead atoms. The molecule has 2 aromatic carbocycles. The van der Waals surface area contributed by atoms with Crippen molar-refractivity contribution in [3.63, 3.8) is 0 Å². The summed E-state index contributed by atoms with van der Waals surface area (Å²) in [5.41, 5.74) is 3.73. The highest BCUT2D eigenvalue weighted by Crippen LogP contribution is 2.44. The maximum atomic E-state index is 13.2. The zero-order valence-electron chi connectivity index (χ0n) is 20.3. The number of carboxylic acids is 1. The van der Waals surface area contributed by atoms with E-state index in [4.69, 9.17) is 4.74 Å². The predicted molar refractivity (Wildman–Crippen MR) is 131 cm³/mol. The van der Waals surface area contributed by atoms with Gasteiger partial charge in [-0.15, -0.1) is 0 Å². The molecule has 7 heteroatoms. The van der Waals surface area contributed by atoms with Crippen LogP contribution in [0.4, 0.5) is 4.79 Å². The number of carbonyl (C=O) groups is 3. The second-order valence-corrected chi connectivity index (χ2v) is 9.18. The summed E-state index contributed by atoms with van der Waals surface area (Å²) in [4.78, 5) is 38.5. The van der Waals surface area contributed by atoms with Crippen molar-refractivity contribution in [1.29, 1.82) is 0 Å². The van der Waals surface area contributed by atoms with E-state index in [0.717, 1.165) is 22.3 Å². The van der Waals surface area contributed by atoms with Crippen molar-refractivity contribution < 1.29 is 24.2 Å². The van der Waals surface area contributed by atoms with E-state index in [-0.39, 0.29) is 31.5 Å².